The number of halogens is 1. The van der Waals surface area contributed by atoms with Gasteiger partial charge in [0.15, 0.2) is 12.2 Å². The first-order valence-electron chi connectivity index (χ1n) is 8.03. The molecule has 3 atom stereocenters. The number of hydrogen-bond acceptors (Lipinski definition) is 4. The Morgan fingerprint density at radius 1 is 1.43 bits per heavy atom. The zero-order valence-electron chi connectivity index (χ0n) is 13.2. The van der Waals surface area contributed by atoms with Gasteiger partial charge in [-0.3, -0.25) is 0 Å². The molecule has 1 heterocycles. The predicted molar refractivity (Wildman–Crippen MR) is 98.0 cm³/mol. The maximum atomic E-state index is 12.0. The number of carbonyl (C=O) groups is 1. The van der Waals surface area contributed by atoms with E-state index < -0.39 is 5.54 Å². The average Bonchev–Trinajstić information content (AvgIpc) is 2.52. The maximum Gasteiger partial charge on any atom is 0.185 e. The van der Waals surface area contributed by atoms with Crippen molar-refractivity contribution < 1.29 is 9.53 Å². The molecule has 6 heteroatoms. The van der Waals surface area contributed by atoms with Crippen molar-refractivity contribution in [2.75, 3.05) is 6.54 Å². The van der Waals surface area contributed by atoms with E-state index >= 15 is 0 Å². The fourth-order valence-electron chi connectivity index (χ4n) is 2.80. The van der Waals surface area contributed by atoms with Crippen molar-refractivity contribution in [3.05, 3.63) is 34.9 Å². The first-order chi connectivity index (χ1) is 11.1. The quantitative estimate of drug-likeness (QED) is 0.481. The Balaban J connectivity index is 2.39. The molecular weight excluding hydrogens is 331 g/mol. The Kier molecular flexibility index (Phi) is 7.01. The van der Waals surface area contributed by atoms with Crippen molar-refractivity contribution in [2.24, 2.45) is 10.7 Å². The molecule has 1 aromatic carbocycles. The van der Waals surface area contributed by atoms with E-state index in [2.05, 4.69) is 9.24 Å². The van der Waals surface area contributed by atoms with Crippen LogP contribution in [0.4, 0.5) is 0 Å². The summed E-state index contributed by atoms with van der Waals surface area (Å²) in [7, 11) is 2.70. The lowest BCUT2D eigenvalue weighted by Gasteiger charge is -2.30. The lowest BCUT2D eigenvalue weighted by atomic mass is 9.86. The molecule has 0 amide bonds. The van der Waals surface area contributed by atoms with E-state index in [-0.39, 0.29) is 5.85 Å². The minimum absolute atomic E-state index is 0.0301. The molecule has 2 N–H and O–H groups in total. The van der Waals surface area contributed by atoms with E-state index in [1.54, 1.807) is 6.07 Å². The molecule has 0 radical (unpaired) electrons. The summed E-state index contributed by atoms with van der Waals surface area (Å²) in [5, 5.41) is 0.563. The highest BCUT2D eigenvalue weighted by atomic mass is 35.5. The molecule has 1 aliphatic rings. The molecule has 0 aliphatic carbocycles. The topological polar surface area (TPSA) is 64.7 Å². The number of nitrogens with two attached hydrogens (primary N) is 1. The Bertz CT molecular complexity index is 567. The molecule has 4 nitrogen and oxygen atoms in total. The van der Waals surface area contributed by atoms with Crippen LogP contribution in [0.15, 0.2) is 29.3 Å². The summed E-state index contributed by atoms with van der Waals surface area (Å²) in [5.41, 5.74) is 5.35. The third-order valence-electron chi connectivity index (χ3n) is 4.04. The molecule has 23 heavy (non-hydrogen) atoms. The summed E-state index contributed by atoms with van der Waals surface area (Å²) in [4.78, 5) is 16.7. The highest BCUT2D eigenvalue weighted by Gasteiger charge is 2.35. The fourth-order valence-corrected chi connectivity index (χ4v) is 3.49. The lowest BCUT2D eigenvalue weighted by molar-refractivity contribution is -0.112. The van der Waals surface area contributed by atoms with Gasteiger partial charge in [0.05, 0.1) is 0 Å². The smallest absolute Gasteiger partial charge is 0.185 e. The van der Waals surface area contributed by atoms with Gasteiger partial charge in [-0.05, 0) is 44.7 Å². The van der Waals surface area contributed by atoms with E-state index in [0.29, 0.717) is 30.3 Å². The molecule has 126 valence electrons. The normalized spacial score (nSPS) is 25.0. The maximum absolute atomic E-state index is 12.0. The van der Waals surface area contributed by atoms with Gasteiger partial charge in [0, 0.05) is 17.0 Å². The molecule has 0 saturated carbocycles. The second-order valence-electron chi connectivity index (χ2n) is 5.82. The number of aliphatic imine (C=N–C) groups is 1. The van der Waals surface area contributed by atoms with Crippen molar-refractivity contribution in [3.8, 4) is 0 Å². The van der Waals surface area contributed by atoms with E-state index in [9.17, 15) is 4.79 Å². The average molecular weight is 355 g/mol. The summed E-state index contributed by atoms with van der Waals surface area (Å²) < 4.78 is 5.93. The third-order valence-corrected chi connectivity index (χ3v) is 4.84. The summed E-state index contributed by atoms with van der Waals surface area (Å²) in [6.45, 7) is 0.640. The second-order valence-corrected chi connectivity index (χ2v) is 6.97. The molecule has 0 fully saturated rings. The van der Waals surface area contributed by atoms with Crippen molar-refractivity contribution in [3.63, 3.8) is 0 Å². The molecule has 0 saturated heterocycles. The Hall–Kier alpha value is -0.960. The molecule has 3 unspecified atom stereocenters. The number of aldehydes is 1. The van der Waals surface area contributed by atoms with E-state index in [0.717, 1.165) is 37.5 Å². The molecule has 0 aromatic heterocycles. The van der Waals surface area contributed by atoms with Crippen LogP contribution in [0, 0.1) is 0 Å². The van der Waals surface area contributed by atoms with Crippen molar-refractivity contribution >= 4 is 33.0 Å². The van der Waals surface area contributed by atoms with Crippen LogP contribution in [0.25, 0.3) is 0 Å². The molecule has 1 aromatic rings. The van der Waals surface area contributed by atoms with Gasteiger partial charge >= 0.3 is 0 Å². The molecular formula is C17H24ClN2O2P. The van der Waals surface area contributed by atoms with E-state index in [4.69, 9.17) is 27.1 Å². The van der Waals surface area contributed by atoms with Crippen LogP contribution in [-0.2, 0) is 15.1 Å². The van der Waals surface area contributed by atoms with Gasteiger partial charge in [-0.15, -0.1) is 0 Å². The van der Waals surface area contributed by atoms with Crippen LogP contribution in [-0.4, -0.2) is 24.6 Å². The highest BCUT2D eigenvalue weighted by Crippen LogP contribution is 2.37. The van der Waals surface area contributed by atoms with Gasteiger partial charge in [0.25, 0.3) is 0 Å². The van der Waals surface area contributed by atoms with E-state index in [1.165, 1.54) is 0 Å². The van der Waals surface area contributed by atoms with Crippen LogP contribution in [0.1, 0.15) is 44.1 Å². The summed E-state index contributed by atoms with van der Waals surface area (Å²) in [5.74, 6) is 0.646. The van der Waals surface area contributed by atoms with Crippen molar-refractivity contribution in [2.45, 2.75) is 49.9 Å². The second kappa shape index (κ2) is 8.77. The minimum atomic E-state index is -0.957. The SMILES string of the molecule is NCCCCC1=NC(C=O)(c2ccccc2Cl)CCCC(P)O1. The molecule has 0 bridgehead atoms. The number of unbranched alkanes of at least 4 members (excludes halogenated alkanes) is 1. The summed E-state index contributed by atoms with van der Waals surface area (Å²) in [6.07, 6.45) is 5.73. The monoisotopic (exact) mass is 354 g/mol. The lowest BCUT2D eigenvalue weighted by Crippen LogP contribution is -2.31. The first kappa shape index (κ1) is 18.4. The van der Waals surface area contributed by atoms with Crippen LogP contribution in [0.2, 0.25) is 5.02 Å². The van der Waals surface area contributed by atoms with Gasteiger partial charge in [0.1, 0.15) is 11.4 Å². The van der Waals surface area contributed by atoms with Crippen LogP contribution in [0.5, 0.6) is 0 Å². The van der Waals surface area contributed by atoms with Crippen LogP contribution in [0.3, 0.4) is 0 Å². The third kappa shape index (κ3) is 4.76. The van der Waals surface area contributed by atoms with Crippen LogP contribution >= 0.6 is 20.8 Å². The summed E-state index contributed by atoms with van der Waals surface area (Å²) >= 11 is 6.33. The number of ether oxygens (including phenoxy) is 1. The van der Waals surface area contributed by atoms with Gasteiger partial charge in [-0.2, -0.15) is 0 Å². The number of hydrogen-bond donors (Lipinski definition) is 1. The molecule has 2 rings (SSSR count). The van der Waals surface area contributed by atoms with Crippen molar-refractivity contribution in [1.82, 2.24) is 0 Å². The Labute approximate surface area is 145 Å². The van der Waals surface area contributed by atoms with Crippen molar-refractivity contribution in [1.29, 1.82) is 0 Å². The summed E-state index contributed by atoms with van der Waals surface area (Å²) in [6, 6.07) is 7.41. The standard InChI is InChI=1S/C17H24ClN2O2P/c18-14-7-2-1-6-13(14)17(12-21)10-5-9-16(23)22-15(20-17)8-3-4-11-19/h1-2,6-7,12,16H,3-5,8-11,19,23H2. The largest absolute Gasteiger partial charge is 0.474 e. The number of benzene rings is 1. The van der Waals surface area contributed by atoms with E-state index in [1.807, 2.05) is 18.2 Å². The number of nitrogens with zero attached hydrogens (tertiary/aromatic N) is 1. The van der Waals surface area contributed by atoms with Gasteiger partial charge in [-0.25, -0.2) is 4.99 Å². The first-order valence-corrected chi connectivity index (χ1v) is 9.08. The minimum Gasteiger partial charge on any atom is -0.474 e. The van der Waals surface area contributed by atoms with Gasteiger partial charge in [0.2, 0.25) is 0 Å². The fraction of sp³-hybridized carbons (Fsp3) is 0.529. The highest BCUT2D eigenvalue weighted by molar-refractivity contribution is 7.17. The Morgan fingerprint density at radius 2 is 2.22 bits per heavy atom. The predicted octanol–water partition coefficient (Wildman–Crippen LogP) is 3.66. The zero-order chi connectivity index (χ0) is 16.7. The van der Waals surface area contributed by atoms with Crippen LogP contribution < -0.4 is 5.73 Å². The zero-order valence-corrected chi connectivity index (χ0v) is 15.1. The molecule has 0 spiro atoms. The number of carbonyl (C=O) groups excluding carboxylic acids is 1. The molecule has 1 aliphatic heterocycles. The van der Waals surface area contributed by atoms with Gasteiger partial charge < -0.3 is 15.3 Å². The number of rotatable bonds is 6. The Morgan fingerprint density at radius 3 is 2.91 bits per heavy atom. The van der Waals surface area contributed by atoms with Gasteiger partial charge in [-0.1, -0.05) is 39.0 Å².